The molecular formula is C11H15NO3S. The van der Waals surface area contributed by atoms with Crippen LogP contribution >= 0.6 is 11.3 Å². The number of rotatable bonds is 2. The molecule has 1 aromatic heterocycles. The number of aliphatic hydroxyl groups excluding tert-OH is 1. The van der Waals surface area contributed by atoms with E-state index in [2.05, 4.69) is 11.4 Å². The van der Waals surface area contributed by atoms with Gasteiger partial charge in [0.1, 0.15) is 6.61 Å². The van der Waals surface area contributed by atoms with Crippen LogP contribution in [-0.2, 0) is 11.2 Å². The smallest absolute Gasteiger partial charge is 0.410 e. The highest BCUT2D eigenvalue weighted by Gasteiger charge is 2.29. The van der Waals surface area contributed by atoms with Crippen LogP contribution in [0.5, 0.6) is 0 Å². The molecule has 4 nitrogen and oxygen atoms in total. The second kappa shape index (κ2) is 4.84. The Balaban J connectivity index is 2.06. The first-order valence-electron chi connectivity index (χ1n) is 5.34. The first kappa shape index (κ1) is 11.4. The van der Waals surface area contributed by atoms with Gasteiger partial charge in [-0.05, 0) is 30.4 Å². The lowest BCUT2D eigenvalue weighted by atomic mass is 10.0. The first-order chi connectivity index (χ1) is 7.74. The lowest BCUT2D eigenvalue weighted by molar-refractivity contribution is 0.0712. The minimum Gasteiger partial charge on any atom is -0.447 e. The van der Waals surface area contributed by atoms with Crippen molar-refractivity contribution in [2.75, 3.05) is 19.8 Å². The molecule has 0 bridgehead atoms. The third kappa shape index (κ3) is 2.05. The summed E-state index contributed by atoms with van der Waals surface area (Å²) in [6, 6.07) is 2.14. The van der Waals surface area contributed by atoms with Gasteiger partial charge in [-0.15, -0.1) is 11.3 Å². The third-order valence-corrected chi connectivity index (χ3v) is 3.83. The van der Waals surface area contributed by atoms with E-state index >= 15 is 0 Å². The van der Waals surface area contributed by atoms with Gasteiger partial charge in [0.25, 0.3) is 0 Å². The molecule has 1 amide bonds. The van der Waals surface area contributed by atoms with E-state index in [4.69, 9.17) is 9.84 Å². The molecule has 0 radical (unpaired) electrons. The molecule has 0 aliphatic carbocycles. The SMILES string of the molecule is CC1c2ccsc2CCN1C(=O)OCCO. The number of fused-ring (bicyclic) bond motifs is 1. The second-order valence-electron chi connectivity index (χ2n) is 3.76. The van der Waals surface area contributed by atoms with Crippen LogP contribution in [0.3, 0.4) is 0 Å². The van der Waals surface area contributed by atoms with Crippen molar-refractivity contribution in [3.63, 3.8) is 0 Å². The van der Waals surface area contributed by atoms with Crippen LogP contribution in [0.4, 0.5) is 4.79 Å². The van der Waals surface area contributed by atoms with Gasteiger partial charge in [-0.3, -0.25) is 0 Å². The molecule has 1 N–H and O–H groups in total. The molecule has 2 heterocycles. The van der Waals surface area contributed by atoms with Crippen molar-refractivity contribution in [2.24, 2.45) is 0 Å². The monoisotopic (exact) mass is 241 g/mol. The topological polar surface area (TPSA) is 49.8 Å². The number of amides is 1. The van der Waals surface area contributed by atoms with E-state index in [9.17, 15) is 4.79 Å². The van der Waals surface area contributed by atoms with Gasteiger partial charge in [-0.25, -0.2) is 4.79 Å². The van der Waals surface area contributed by atoms with Gasteiger partial charge in [0.15, 0.2) is 0 Å². The molecule has 1 aliphatic heterocycles. The fourth-order valence-corrected chi connectivity index (χ4v) is 2.94. The summed E-state index contributed by atoms with van der Waals surface area (Å²) < 4.78 is 4.93. The molecular weight excluding hydrogens is 226 g/mol. The highest BCUT2D eigenvalue weighted by atomic mass is 32.1. The molecule has 0 spiro atoms. The minimum absolute atomic E-state index is 0.0680. The van der Waals surface area contributed by atoms with E-state index in [0.29, 0.717) is 6.54 Å². The quantitative estimate of drug-likeness (QED) is 0.859. The molecule has 1 aromatic rings. The lowest BCUT2D eigenvalue weighted by Crippen LogP contribution is -2.38. The van der Waals surface area contributed by atoms with Gasteiger partial charge < -0.3 is 14.7 Å². The summed E-state index contributed by atoms with van der Waals surface area (Å²) in [6.07, 6.45) is 0.560. The normalized spacial score (nSPS) is 19.4. The number of ether oxygens (including phenoxy) is 1. The van der Waals surface area contributed by atoms with E-state index in [-0.39, 0.29) is 25.3 Å². The maximum atomic E-state index is 11.7. The number of hydrogen-bond donors (Lipinski definition) is 1. The van der Waals surface area contributed by atoms with Gasteiger partial charge in [-0.1, -0.05) is 0 Å². The van der Waals surface area contributed by atoms with Crippen LogP contribution in [0, 0.1) is 0 Å². The molecule has 0 saturated heterocycles. The Labute approximate surface area is 98.4 Å². The average molecular weight is 241 g/mol. The third-order valence-electron chi connectivity index (χ3n) is 2.83. The predicted octanol–water partition coefficient (Wildman–Crippen LogP) is 1.80. The highest BCUT2D eigenvalue weighted by molar-refractivity contribution is 7.10. The zero-order valence-electron chi connectivity index (χ0n) is 9.18. The Morgan fingerprint density at radius 1 is 1.75 bits per heavy atom. The maximum absolute atomic E-state index is 11.7. The predicted molar refractivity (Wildman–Crippen MR) is 61.6 cm³/mol. The van der Waals surface area contributed by atoms with Crippen LogP contribution in [0.2, 0.25) is 0 Å². The molecule has 1 atom stereocenters. The number of carbonyl (C=O) groups is 1. The zero-order valence-corrected chi connectivity index (χ0v) is 10.00. The summed E-state index contributed by atoms with van der Waals surface area (Å²) in [5.74, 6) is 0. The van der Waals surface area contributed by atoms with Crippen molar-refractivity contribution >= 4 is 17.4 Å². The molecule has 0 saturated carbocycles. The van der Waals surface area contributed by atoms with Crippen molar-refractivity contribution in [3.05, 3.63) is 21.9 Å². The maximum Gasteiger partial charge on any atom is 0.410 e. The number of hydrogen-bond acceptors (Lipinski definition) is 4. The van der Waals surface area contributed by atoms with Gasteiger partial charge in [0, 0.05) is 11.4 Å². The van der Waals surface area contributed by atoms with Crippen molar-refractivity contribution in [1.82, 2.24) is 4.90 Å². The fraction of sp³-hybridized carbons (Fsp3) is 0.545. The number of carbonyl (C=O) groups excluding carboxylic acids is 1. The largest absolute Gasteiger partial charge is 0.447 e. The molecule has 0 fully saturated rings. The Morgan fingerprint density at radius 2 is 2.56 bits per heavy atom. The van der Waals surface area contributed by atoms with Crippen LogP contribution in [0.25, 0.3) is 0 Å². The van der Waals surface area contributed by atoms with Crippen LogP contribution < -0.4 is 0 Å². The number of nitrogens with zero attached hydrogens (tertiary/aromatic N) is 1. The zero-order chi connectivity index (χ0) is 11.5. The Hall–Kier alpha value is -1.07. The van der Waals surface area contributed by atoms with Crippen LogP contribution in [-0.4, -0.2) is 35.9 Å². The van der Waals surface area contributed by atoms with Gasteiger partial charge in [0.2, 0.25) is 0 Å². The summed E-state index contributed by atoms with van der Waals surface area (Å²) in [5, 5.41) is 10.7. The van der Waals surface area contributed by atoms with Crippen LogP contribution in [0.1, 0.15) is 23.4 Å². The summed E-state index contributed by atoms with van der Waals surface area (Å²) in [7, 11) is 0. The van der Waals surface area contributed by atoms with E-state index in [1.807, 2.05) is 6.92 Å². The highest BCUT2D eigenvalue weighted by Crippen LogP contribution is 2.32. The number of thiophene rings is 1. The van der Waals surface area contributed by atoms with E-state index in [1.165, 1.54) is 10.4 Å². The molecule has 1 unspecified atom stereocenters. The minimum atomic E-state index is -0.335. The number of aliphatic hydroxyl groups is 1. The van der Waals surface area contributed by atoms with Gasteiger partial charge in [-0.2, -0.15) is 0 Å². The Bertz CT molecular complexity index is 377. The summed E-state index contributed by atoms with van der Waals surface area (Å²) in [5.41, 5.74) is 1.22. The summed E-state index contributed by atoms with van der Waals surface area (Å²) in [6.45, 7) is 2.64. The standard InChI is InChI=1S/C11H15NO3S/c1-8-9-3-7-16-10(9)2-4-12(8)11(14)15-6-5-13/h3,7-8,13H,2,4-6H2,1H3. The molecule has 2 rings (SSSR count). The Morgan fingerprint density at radius 3 is 3.31 bits per heavy atom. The van der Waals surface area contributed by atoms with Crippen molar-refractivity contribution in [3.8, 4) is 0 Å². The average Bonchev–Trinajstić information content (AvgIpc) is 2.75. The van der Waals surface area contributed by atoms with Gasteiger partial charge in [0.05, 0.1) is 12.6 Å². The molecule has 16 heavy (non-hydrogen) atoms. The summed E-state index contributed by atoms with van der Waals surface area (Å²) >= 11 is 1.74. The molecule has 0 aromatic carbocycles. The first-order valence-corrected chi connectivity index (χ1v) is 6.22. The van der Waals surface area contributed by atoms with E-state index in [1.54, 1.807) is 16.2 Å². The second-order valence-corrected chi connectivity index (χ2v) is 4.76. The van der Waals surface area contributed by atoms with Gasteiger partial charge >= 0.3 is 6.09 Å². The van der Waals surface area contributed by atoms with E-state index in [0.717, 1.165) is 6.42 Å². The Kier molecular flexibility index (Phi) is 3.46. The van der Waals surface area contributed by atoms with E-state index < -0.39 is 0 Å². The molecule has 88 valence electrons. The summed E-state index contributed by atoms with van der Waals surface area (Å²) in [4.78, 5) is 14.8. The van der Waals surface area contributed by atoms with Crippen molar-refractivity contribution < 1.29 is 14.6 Å². The lowest BCUT2D eigenvalue weighted by Gasteiger charge is -2.32. The van der Waals surface area contributed by atoms with Crippen LogP contribution in [0.15, 0.2) is 11.4 Å². The van der Waals surface area contributed by atoms with Crippen molar-refractivity contribution in [2.45, 2.75) is 19.4 Å². The van der Waals surface area contributed by atoms with Crippen molar-refractivity contribution in [1.29, 1.82) is 0 Å². The molecule has 5 heteroatoms. The molecule has 1 aliphatic rings. The fourth-order valence-electron chi connectivity index (χ4n) is 1.97.